The van der Waals surface area contributed by atoms with Crippen molar-refractivity contribution in [2.45, 2.75) is 34.6 Å². The van der Waals surface area contributed by atoms with Crippen molar-refractivity contribution in [3.05, 3.63) is 59.3 Å². The quantitative estimate of drug-likeness (QED) is 0.596. The molecular formula is C22H28N6. The molecule has 0 fully saturated rings. The molecule has 3 aromatic rings. The van der Waals surface area contributed by atoms with Crippen LogP contribution in [0.2, 0.25) is 0 Å². The van der Waals surface area contributed by atoms with Crippen molar-refractivity contribution in [1.29, 1.82) is 0 Å². The Balaban J connectivity index is 1.80. The minimum absolute atomic E-state index is 0.472. The summed E-state index contributed by atoms with van der Waals surface area (Å²) in [7, 11) is 0. The van der Waals surface area contributed by atoms with Crippen LogP contribution < -0.4 is 15.5 Å². The van der Waals surface area contributed by atoms with Crippen molar-refractivity contribution >= 4 is 28.8 Å². The molecule has 0 unspecified atom stereocenters. The minimum Gasteiger partial charge on any atom is -0.372 e. The van der Waals surface area contributed by atoms with Gasteiger partial charge in [0, 0.05) is 30.2 Å². The number of nitrogens with one attached hydrogen (secondary N) is 2. The molecule has 1 aromatic heterocycles. The highest BCUT2D eigenvalue weighted by molar-refractivity contribution is 5.67. The van der Waals surface area contributed by atoms with Gasteiger partial charge in [0.15, 0.2) is 5.82 Å². The van der Waals surface area contributed by atoms with Crippen molar-refractivity contribution in [2.75, 3.05) is 28.6 Å². The number of aromatic nitrogens is 3. The summed E-state index contributed by atoms with van der Waals surface area (Å²) in [5.74, 6) is 1.13. The van der Waals surface area contributed by atoms with Crippen LogP contribution in [0, 0.1) is 20.8 Å². The predicted molar refractivity (Wildman–Crippen MR) is 117 cm³/mol. The first kappa shape index (κ1) is 19.6. The van der Waals surface area contributed by atoms with Crippen LogP contribution >= 0.6 is 0 Å². The van der Waals surface area contributed by atoms with Gasteiger partial charge in [-0.15, -0.1) is 5.10 Å². The van der Waals surface area contributed by atoms with Gasteiger partial charge in [-0.3, -0.25) is 0 Å². The Morgan fingerprint density at radius 3 is 2.25 bits per heavy atom. The summed E-state index contributed by atoms with van der Waals surface area (Å²) in [4.78, 5) is 6.90. The number of nitrogens with zero attached hydrogens (tertiary/aromatic N) is 4. The first-order chi connectivity index (χ1) is 13.5. The molecule has 2 N–H and O–H groups in total. The molecule has 0 spiro atoms. The molecule has 0 bridgehead atoms. The number of hydrogen-bond acceptors (Lipinski definition) is 6. The van der Waals surface area contributed by atoms with Crippen LogP contribution in [0.15, 0.2) is 42.6 Å². The zero-order chi connectivity index (χ0) is 20.1. The monoisotopic (exact) mass is 376 g/mol. The SMILES string of the molecule is CCN(CC)c1ccc(Nc2cnnc(Nc3c(C)cccc3C)n2)c(C)c1. The lowest BCUT2D eigenvalue weighted by atomic mass is 10.1. The first-order valence-corrected chi connectivity index (χ1v) is 9.67. The molecule has 0 amide bonds. The zero-order valence-corrected chi connectivity index (χ0v) is 17.2. The molecule has 0 saturated heterocycles. The van der Waals surface area contributed by atoms with Crippen molar-refractivity contribution < 1.29 is 0 Å². The molecule has 6 nitrogen and oxygen atoms in total. The fourth-order valence-corrected chi connectivity index (χ4v) is 3.25. The van der Waals surface area contributed by atoms with E-state index in [1.807, 2.05) is 6.07 Å². The number of rotatable bonds is 7. The highest BCUT2D eigenvalue weighted by Gasteiger charge is 2.08. The summed E-state index contributed by atoms with van der Waals surface area (Å²) in [5, 5.41) is 14.9. The maximum Gasteiger partial charge on any atom is 0.249 e. The predicted octanol–water partition coefficient (Wildman–Crippen LogP) is 5.13. The van der Waals surface area contributed by atoms with Gasteiger partial charge in [-0.1, -0.05) is 18.2 Å². The smallest absolute Gasteiger partial charge is 0.249 e. The van der Waals surface area contributed by atoms with Crippen molar-refractivity contribution in [2.24, 2.45) is 0 Å². The lowest BCUT2D eigenvalue weighted by molar-refractivity contribution is 0.866. The molecular weight excluding hydrogens is 348 g/mol. The third-order valence-electron chi connectivity index (χ3n) is 4.88. The molecule has 0 aliphatic heterocycles. The highest BCUT2D eigenvalue weighted by Crippen LogP contribution is 2.26. The van der Waals surface area contributed by atoms with E-state index in [1.165, 1.54) is 5.69 Å². The van der Waals surface area contributed by atoms with E-state index < -0.39 is 0 Å². The fraction of sp³-hybridized carbons (Fsp3) is 0.318. The van der Waals surface area contributed by atoms with E-state index >= 15 is 0 Å². The molecule has 0 saturated carbocycles. The molecule has 28 heavy (non-hydrogen) atoms. The molecule has 0 atom stereocenters. The van der Waals surface area contributed by atoms with Crippen LogP contribution in [-0.4, -0.2) is 28.3 Å². The highest BCUT2D eigenvalue weighted by atomic mass is 15.3. The van der Waals surface area contributed by atoms with Crippen molar-refractivity contribution in [3.8, 4) is 0 Å². The average molecular weight is 377 g/mol. The summed E-state index contributed by atoms with van der Waals surface area (Å²) in [5.41, 5.74) is 6.70. The maximum absolute atomic E-state index is 4.57. The number of hydrogen-bond donors (Lipinski definition) is 2. The fourth-order valence-electron chi connectivity index (χ4n) is 3.25. The summed E-state index contributed by atoms with van der Waals surface area (Å²) in [6.07, 6.45) is 1.63. The van der Waals surface area contributed by atoms with Gasteiger partial charge >= 0.3 is 0 Å². The molecule has 2 aromatic carbocycles. The number of benzene rings is 2. The van der Waals surface area contributed by atoms with Gasteiger partial charge in [-0.2, -0.15) is 10.1 Å². The number of aryl methyl sites for hydroxylation is 3. The van der Waals surface area contributed by atoms with E-state index in [2.05, 4.69) is 95.7 Å². The Labute approximate surface area is 167 Å². The second kappa shape index (κ2) is 8.69. The lowest BCUT2D eigenvalue weighted by Crippen LogP contribution is -2.21. The van der Waals surface area contributed by atoms with Gasteiger partial charge in [0.1, 0.15) is 0 Å². The van der Waals surface area contributed by atoms with E-state index in [1.54, 1.807) is 6.20 Å². The average Bonchev–Trinajstić information content (AvgIpc) is 2.68. The third kappa shape index (κ3) is 4.39. The van der Waals surface area contributed by atoms with Crippen LogP contribution in [0.25, 0.3) is 0 Å². The van der Waals surface area contributed by atoms with E-state index in [0.29, 0.717) is 11.8 Å². The Morgan fingerprint density at radius 2 is 1.61 bits per heavy atom. The molecule has 146 valence electrons. The maximum atomic E-state index is 4.57. The van der Waals surface area contributed by atoms with E-state index in [9.17, 15) is 0 Å². The molecule has 0 radical (unpaired) electrons. The van der Waals surface area contributed by atoms with E-state index in [0.717, 1.165) is 41.2 Å². The Hall–Kier alpha value is -3.15. The molecule has 0 aliphatic rings. The number of para-hydroxylation sites is 1. The zero-order valence-electron chi connectivity index (χ0n) is 17.2. The standard InChI is InChI=1S/C22H28N6/c1-6-28(7-2)18-11-12-19(17(5)13-18)24-20-14-23-27-22(25-20)26-21-15(3)9-8-10-16(21)4/h8-14H,6-7H2,1-5H3,(H2,24,25,26,27). The Morgan fingerprint density at radius 1 is 0.893 bits per heavy atom. The second-order valence-electron chi connectivity index (χ2n) is 6.85. The van der Waals surface area contributed by atoms with Crippen molar-refractivity contribution in [1.82, 2.24) is 15.2 Å². The summed E-state index contributed by atoms with van der Waals surface area (Å²) in [6, 6.07) is 12.6. The second-order valence-corrected chi connectivity index (χ2v) is 6.85. The summed E-state index contributed by atoms with van der Waals surface area (Å²) in [6.45, 7) is 12.5. The van der Waals surface area contributed by atoms with Crippen LogP contribution in [-0.2, 0) is 0 Å². The Kier molecular flexibility index (Phi) is 6.09. The van der Waals surface area contributed by atoms with Gasteiger partial charge in [0.25, 0.3) is 0 Å². The topological polar surface area (TPSA) is 66.0 Å². The largest absolute Gasteiger partial charge is 0.372 e. The molecule has 0 aliphatic carbocycles. The molecule has 1 heterocycles. The molecule has 6 heteroatoms. The van der Waals surface area contributed by atoms with E-state index in [4.69, 9.17) is 0 Å². The van der Waals surface area contributed by atoms with Gasteiger partial charge in [0.05, 0.1) is 6.20 Å². The third-order valence-corrected chi connectivity index (χ3v) is 4.88. The normalized spacial score (nSPS) is 10.6. The lowest BCUT2D eigenvalue weighted by Gasteiger charge is -2.22. The van der Waals surface area contributed by atoms with Gasteiger partial charge in [0.2, 0.25) is 5.95 Å². The van der Waals surface area contributed by atoms with Gasteiger partial charge in [-0.05, 0) is 69.5 Å². The van der Waals surface area contributed by atoms with Crippen LogP contribution in [0.1, 0.15) is 30.5 Å². The summed E-state index contributed by atoms with van der Waals surface area (Å²) >= 11 is 0. The van der Waals surface area contributed by atoms with Gasteiger partial charge < -0.3 is 15.5 Å². The van der Waals surface area contributed by atoms with E-state index in [-0.39, 0.29) is 0 Å². The Bertz CT molecular complexity index is 929. The van der Waals surface area contributed by atoms with Crippen LogP contribution in [0.5, 0.6) is 0 Å². The first-order valence-electron chi connectivity index (χ1n) is 9.67. The minimum atomic E-state index is 0.472. The van der Waals surface area contributed by atoms with Crippen molar-refractivity contribution in [3.63, 3.8) is 0 Å². The summed E-state index contributed by atoms with van der Waals surface area (Å²) < 4.78 is 0. The van der Waals surface area contributed by atoms with Crippen LogP contribution in [0.3, 0.4) is 0 Å². The van der Waals surface area contributed by atoms with Gasteiger partial charge in [-0.25, -0.2) is 0 Å². The molecule has 3 rings (SSSR count). The number of anilines is 5. The van der Waals surface area contributed by atoms with Crippen LogP contribution in [0.4, 0.5) is 28.8 Å².